The largest absolute Gasteiger partial charge is 0.467 e. The summed E-state index contributed by atoms with van der Waals surface area (Å²) in [5, 5.41) is 3.85. The molecule has 8 nitrogen and oxygen atoms in total. The van der Waals surface area contributed by atoms with E-state index in [1.54, 1.807) is 0 Å². The number of hydroxylamine groups is 1. The zero-order valence-electron chi connectivity index (χ0n) is 26.6. The van der Waals surface area contributed by atoms with E-state index in [4.69, 9.17) is 9.57 Å². The van der Waals surface area contributed by atoms with Crippen molar-refractivity contribution in [3.63, 3.8) is 0 Å². The Bertz CT molecular complexity index is 1640. The fourth-order valence-corrected chi connectivity index (χ4v) is 5.93. The summed E-state index contributed by atoms with van der Waals surface area (Å²) in [6.07, 6.45) is 5.60. The first kappa shape index (κ1) is 33.2. The van der Waals surface area contributed by atoms with Gasteiger partial charge in [-0.25, -0.2) is 10.3 Å². The van der Waals surface area contributed by atoms with Crippen molar-refractivity contribution in [3.8, 4) is 0 Å². The minimum Gasteiger partial charge on any atom is -0.467 e. The number of ether oxygens (including phenoxy) is 1. The number of methoxy groups -OCH3 is 1. The van der Waals surface area contributed by atoms with E-state index >= 15 is 0 Å². The van der Waals surface area contributed by atoms with Gasteiger partial charge in [-0.1, -0.05) is 122 Å². The maximum Gasteiger partial charge on any atom is 0.328 e. The number of hydrogen-bond donors (Lipinski definition) is 3. The van der Waals surface area contributed by atoms with Gasteiger partial charge in [0.15, 0.2) is 5.60 Å². The highest BCUT2D eigenvalue weighted by atomic mass is 16.7. The zero-order chi connectivity index (χ0) is 32.9. The highest BCUT2D eigenvalue weighted by molar-refractivity contribution is 5.87. The summed E-state index contributed by atoms with van der Waals surface area (Å²) in [4.78, 5) is 47.8. The number of hydrogen-bond acceptors (Lipinski definition) is 5. The average Bonchev–Trinajstić information content (AvgIpc) is 3.53. The fraction of sp³-hybridized carbons (Fsp3) is 0.256. The van der Waals surface area contributed by atoms with Crippen LogP contribution < -0.4 is 10.8 Å². The molecule has 0 saturated heterocycles. The maximum atomic E-state index is 13.0. The smallest absolute Gasteiger partial charge is 0.328 e. The second kappa shape index (κ2) is 16.4. The van der Waals surface area contributed by atoms with Crippen LogP contribution in [-0.2, 0) is 36.0 Å². The number of amides is 2. The second-order valence-electron chi connectivity index (χ2n) is 11.5. The van der Waals surface area contributed by atoms with Crippen molar-refractivity contribution in [1.82, 2.24) is 15.8 Å². The highest BCUT2D eigenvalue weighted by Crippen LogP contribution is 2.39. The monoisotopic (exact) mass is 631 g/mol. The van der Waals surface area contributed by atoms with Gasteiger partial charge in [-0.15, -0.1) is 0 Å². The molecule has 0 unspecified atom stereocenters. The van der Waals surface area contributed by atoms with Gasteiger partial charge in [-0.05, 0) is 41.2 Å². The number of H-pyrrole nitrogens is 1. The van der Waals surface area contributed by atoms with Crippen molar-refractivity contribution >= 4 is 28.7 Å². The lowest BCUT2D eigenvalue weighted by Gasteiger charge is -2.35. The maximum absolute atomic E-state index is 13.0. The Morgan fingerprint density at radius 3 is 1.74 bits per heavy atom. The van der Waals surface area contributed by atoms with Crippen LogP contribution in [-0.4, -0.2) is 35.9 Å². The van der Waals surface area contributed by atoms with Crippen molar-refractivity contribution in [2.45, 2.75) is 56.6 Å². The standard InChI is InChI=1S/C39H41N3O5/c1-46-38(45)35(27-29-28-40-34-24-16-15-23-33(29)34)41-36(43)25-13-2-3-14-26-37(44)42-47-39(30-17-7-4-8-18-30,31-19-9-5-10-20-31)32-21-11-6-12-22-32/h4-12,15-24,28,35,40H,2-3,13-14,25-27H2,1H3,(H,41,43)(H,42,44)/t35-/m0/s1. The molecule has 5 aromatic rings. The number of esters is 1. The van der Waals surface area contributed by atoms with Gasteiger partial charge in [-0.3, -0.25) is 14.4 Å². The number of benzene rings is 4. The number of aromatic nitrogens is 1. The van der Waals surface area contributed by atoms with E-state index < -0.39 is 17.6 Å². The molecule has 8 heteroatoms. The SMILES string of the molecule is COC(=O)[C@H](Cc1c[nH]c2ccccc12)NC(=O)CCCCCCC(=O)NOC(c1ccccc1)(c1ccccc1)c1ccccc1. The molecule has 0 aliphatic carbocycles. The van der Waals surface area contributed by atoms with Gasteiger partial charge >= 0.3 is 5.97 Å². The molecule has 4 aromatic carbocycles. The van der Waals surface area contributed by atoms with Crippen LogP contribution >= 0.6 is 0 Å². The molecule has 3 N–H and O–H groups in total. The van der Waals surface area contributed by atoms with Crippen LogP contribution in [0.15, 0.2) is 121 Å². The molecule has 5 rings (SSSR count). The van der Waals surface area contributed by atoms with Crippen LogP contribution in [0.4, 0.5) is 0 Å². The third-order valence-corrected chi connectivity index (χ3v) is 8.34. The summed E-state index contributed by atoms with van der Waals surface area (Å²) < 4.78 is 4.96. The van der Waals surface area contributed by atoms with Crippen LogP contribution in [0, 0.1) is 0 Å². The number of rotatable bonds is 16. The molecule has 1 heterocycles. The number of nitrogens with one attached hydrogen (secondary N) is 3. The minimum atomic E-state index is -1.04. The molecule has 47 heavy (non-hydrogen) atoms. The van der Waals surface area contributed by atoms with E-state index in [9.17, 15) is 14.4 Å². The van der Waals surface area contributed by atoms with Gasteiger partial charge in [-0.2, -0.15) is 0 Å². The molecule has 0 spiro atoms. The third kappa shape index (κ3) is 8.34. The van der Waals surface area contributed by atoms with Crippen LogP contribution in [0.5, 0.6) is 0 Å². The Morgan fingerprint density at radius 1 is 0.681 bits per heavy atom. The van der Waals surface area contributed by atoms with Crippen LogP contribution in [0.2, 0.25) is 0 Å². The van der Waals surface area contributed by atoms with Gasteiger partial charge < -0.3 is 15.0 Å². The lowest BCUT2D eigenvalue weighted by atomic mass is 9.80. The predicted octanol–water partition coefficient (Wildman–Crippen LogP) is 6.75. The van der Waals surface area contributed by atoms with E-state index in [2.05, 4.69) is 15.8 Å². The lowest BCUT2D eigenvalue weighted by molar-refractivity contribution is -0.145. The molecule has 0 radical (unpaired) electrons. The first-order valence-corrected chi connectivity index (χ1v) is 16.1. The fourth-order valence-electron chi connectivity index (χ4n) is 5.93. The molecule has 0 saturated carbocycles. The number of carbonyl (C=O) groups is 3. The molecule has 2 amide bonds. The van der Waals surface area contributed by atoms with Gasteiger partial charge in [0, 0.05) is 36.4 Å². The number of unbranched alkanes of at least 4 members (excludes halogenated alkanes) is 3. The molecular formula is C39H41N3O5. The Morgan fingerprint density at radius 2 is 1.19 bits per heavy atom. The normalized spacial score (nSPS) is 11.9. The Labute approximate surface area is 275 Å². The molecule has 242 valence electrons. The van der Waals surface area contributed by atoms with E-state index in [1.165, 1.54) is 7.11 Å². The van der Waals surface area contributed by atoms with Crippen LogP contribution in [0.3, 0.4) is 0 Å². The van der Waals surface area contributed by atoms with Gasteiger partial charge in [0.1, 0.15) is 6.04 Å². The predicted molar refractivity (Wildman–Crippen MR) is 182 cm³/mol. The molecule has 0 fully saturated rings. The third-order valence-electron chi connectivity index (χ3n) is 8.34. The van der Waals surface area contributed by atoms with E-state index in [0.29, 0.717) is 19.3 Å². The zero-order valence-corrected chi connectivity index (χ0v) is 26.6. The minimum absolute atomic E-state index is 0.203. The number of para-hydroxylation sites is 1. The lowest BCUT2D eigenvalue weighted by Crippen LogP contribution is -2.43. The van der Waals surface area contributed by atoms with Gasteiger partial charge in [0.05, 0.1) is 7.11 Å². The summed E-state index contributed by atoms with van der Waals surface area (Å²) in [5.74, 6) is -0.897. The Balaban J connectivity index is 1.10. The number of carbonyl (C=O) groups excluding carboxylic acids is 3. The molecular weight excluding hydrogens is 590 g/mol. The van der Waals surface area contributed by atoms with Crippen LogP contribution in [0.1, 0.15) is 60.8 Å². The van der Waals surface area contributed by atoms with E-state index in [1.807, 2.05) is 121 Å². The highest BCUT2D eigenvalue weighted by Gasteiger charge is 2.39. The topological polar surface area (TPSA) is 110 Å². The summed E-state index contributed by atoms with van der Waals surface area (Å²) in [7, 11) is 1.32. The molecule has 1 aromatic heterocycles. The quantitative estimate of drug-likeness (QED) is 0.0483. The second-order valence-corrected chi connectivity index (χ2v) is 11.5. The summed E-state index contributed by atoms with van der Waals surface area (Å²) in [5.41, 5.74) is 6.30. The van der Waals surface area contributed by atoms with Crippen molar-refractivity contribution in [3.05, 3.63) is 144 Å². The van der Waals surface area contributed by atoms with Crippen molar-refractivity contribution < 1.29 is 24.0 Å². The molecule has 0 bridgehead atoms. The van der Waals surface area contributed by atoms with E-state index in [-0.39, 0.29) is 24.7 Å². The summed E-state index contributed by atoms with van der Waals surface area (Å²) in [6, 6.07) is 36.7. The number of fused-ring (bicyclic) bond motifs is 1. The van der Waals surface area contributed by atoms with Crippen molar-refractivity contribution in [2.24, 2.45) is 0 Å². The number of aromatic amines is 1. The average molecular weight is 632 g/mol. The first-order valence-electron chi connectivity index (χ1n) is 16.1. The molecule has 0 aliphatic rings. The van der Waals surface area contributed by atoms with E-state index in [0.717, 1.165) is 46.0 Å². The first-order chi connectivity index (χ1) is 23.0. The Kier molecular flexibility index (Phi) is 11.6. The molecule has 0 aliphatic heterocycles. The Hall–Kier alpha value is -5.21. The van der Waals surface area contributed by atoms with Gasteiger partial charge in [0.2, 0.25) is 11.8 Å². The van der Waals surface area contributed by atoms with Crippen molar-refractivity contribution in [2.75, 3.05) is 7.11 Å². The summed E-state index contributed by atoms with van der Waals surface area (Å²) in [6.45, 7) is 0. The van der Waals surface area contributed by atoms with Crippen LogP contribution in [0.25, 0.3) is 10.9 Å². The van der Waals surface area contributed by atoms with Gasteiger partial charge in [0.25, 0.3) is 0 Å². The summed E-state index contributed by atoms with van der Waals surface area (Å²) >= 11 is 0. The molecule has 1 atom stereocenters. The van der Waals surface area contributed by atoms with Crippen molar-refractivity contribution in [1.29, 1.82) is 0 Å².